The number of nitrogens with two attached hydrogens (primary N) is 1. The number of hydrogen-bond donors (Lipinski definition) is 4. The molecule has 2 amide bonds. The van der Waals surface area contributed by atoms with Crippen LogP contribution in [-0.4, -0.2) is 57.8 Å². The van der Waals surface area contributed by atoms with Gasteiger partial charge in [0.05, 0.1) is 12.8 Å². The summed E-state index contributed by atoms with van der Waals surface area (Å²) in [5.74, 6) is -3.72. The highest BCUT2D eigenvalue weighted by Gasteiger charge is 2.67. The van der Waals surface area contributed by atoms with E-state index < -0.39 is 42.7 Å². The fourth-order valence-electron chi connectivity index (χ4n) is 2.31. The molecule has 9 heteroatoms. The smallest absolute Gasteiger partial charge is 0.325 e. The van der Waals surface area contributed by atoms with Crippen LogP contribution in [0.1, 0.15) is 13.3 Å². The highest BCUT2D eigenvalue weighted by molar-refractivity contribution is 5.77. The van der Waals surface area contributed by atoms with E-state index in [1.807, 2.05) is 0 Å². The SMILES string of the molecule is CC[C@]1(CO)O[C@@H](N2C=CC(N)NC2=O)C(F)(F)[C@@H]1O. The summed E-state index contributed by atoms with van der Waals surface area (Å²) in [5, 5.41) is 21.3. The number of ether oxygens (including phenoxy) is 1. The Hall–Kier alpha value is -1.29. The number of rotatable bonds is 3. The van der Waals surface area contributed by atoms with Crippen LogP contribution in [0.4, 0.5) is 13.6 Å². The lowest BCUT2D eigenvalue weighted by molar-refractivity contribution is -0.151. The van der Waals surface area contributed by atoms with Crippen molar-refractivity contribution in [2.75, 3.05) is 6.61 Å². The summed E-state index contributed by atoms with van der Waals surface area (Å²) in [7, 11) is 0. The van der Waals surface area contributed by atoms with E-state index in [0.717, 1.165) is 6.20 Å². The molecule has 20 heavy (non-hydrogen) atoms. The van der Waals surface area contributed by atoms with Gasteiger partial charge in [0, 0.05) is 6.20 Å². The average molecular weight is 293 g/mol. The molecule has 0 bridgehead atoms. The van der Waals surface area contributed by atoms with Crippen LogP contribution in [0.2, 0.25) is 0 Å². The van der Waals surface area contributed by atoms with Gasteiger partial charge in [0.1, 0.15) is 5.60 Å². The van der Waals surface area contributed by atoms with E-state index in [2.05, 4.69) is 5.32 Å². The fraction of sp³-hybridized carbons (Fsp3) is 0.727. The van der Waals surface area contributed by atoms with E-state index in [4.69, 9.17) is 10.5 Å². The van der Waals surface area contributed by atoms with Crippen molar-refractivity contribution in [1.82, 2.24) is 10.2 Å². The number of nitrogens with one attached hydrogen (secondary N) is 1. The maximum atomic E-state index is 14.2. The van der Waals surface area contributed by atoms with Gasteiger partial charge in [0.15, 0.2) is 6.10 Å². The largest absolute Gasteiger partial charge is 0.393 e. The maximum absolute atomic E-state index is 14.2. The van der Waals surface area contributed by atoms with Crippen LogP contribution in [-0.2, 0) is 4.74 Å². The molecule has 1 unspecified atom stereocenters. The Morgan fingerprint density at radius 3 is 2.70 bits per heavy atom. The second-order valence-corrected chi connectivity index (χ2v) is 4.85. The van der Waals surface area contributed by atoms with E-state index >= 15 is 0 Å². The molecule has 114 valence electrons. The fourth-order valence-corrected chi connectivity index (χ4v) is 2.31. The van der Waals surface area contributed by atoms with Crippen molar-refractivity contribution in [3.63, 3.8) is 0 Å². The Balaban J connectivity index is 2.33. The number of alkyl halides is 2. The van der Waals surface area contributed by atoms with E-state index in [0.29, 0.717) is 4.90 Å². The first kappa shape index (κ1) is 15.1. The van der Waals surface area contributed by atoms with E-state index in [9.17, 15) is 23.8 Å². The first-order valence-electron chi connectivity index (χ1n) is 6.16. The third-order valence-electron chi connectivity index (χ3n) is 3.64. The van der Waals surface area contributed by atoms with Gasteiger partial charge in [0.25, 0.3) is 0 Å². The number of nitrogens with zero attached hydrogens (tertiary/aromatic N) is 1. The molecule has 0 aromatic heterocycles. The molecule has 1 saturated heterocycles. The number of aliphatic hydroxyl groups excluding tert-OH is 2. The molecule has 2 heterocycles. The number of carbonyl (C=O) groups is 1. The Bertz CT molecular complexity index is 428. The molecule has 0 aromatic carbocycles. The number of amides is 2. The molecule has 7 nitrogen and oxygen atoms in total. The molecule has 0 saturated carbocycles. The predicted molar refractivity (Wildman–Crippen MR) is 63.4 cm³/mol. The molecule has 4 atom stereocenters. The van der Waals surface area contributed by atoms with Gasteiger partial charge in [-0.25, -0.2) is 4.79 Å². The predicted octanol–water partition coefficient (Wildman–Crippen LogP) is -0.696. The van der Waals surface area contributed by atoms with Crippen LogP contribution >= 0.6 is 0 Å². The molecule has 0 radical (unpaired) electrons. The Labute approximate surface area is 114 Å². The molecular formula is C11H17F2N3O4. The quantitative estimate of drug-likeness (QED) is 0.550. The van der Waals surface area contributed by atoms with Crippen LogP contribution in [0.5, 0.6) is 0 Å². The molecule has 5 N–H and O–H groups in total. The minimum absolute atomic E-state index is 0.0323. The second-order valence-electron chi connectivity index (χ2n) is 4.85. The lowest BCUT2D eigenvalue weighted by Gasteiger charge is -2.33. The molecule has 2 aliphatic rings. The first-order chi connectivity index (χ1) is 9.28. The minimum atomic E-state index is -3.72. The summed E-state index contributed by atoms with van der Waals surface area (Å²) in [6.45, 7) is 0.718. The zero-order valence-electron chi connectivity index (χ0n) is 10.8. The van der Waals surface area contributed by atoms with Crippen LogP contribution in [0.25, 0.3) is 0 Å². The van der Waals surface area contributed by atoms with Gasteiger partial charge in [-0.2, -0.15) is 8.78 Å². The molecule has 2 aliphatic heterocycles. The van der Waals surface area contributed by atoms with Crippen LogP contribution in [0, 0.1) is 0 Å². The van der Waals surface area contributed by atoms with Gasteiger partial charge in [-0.05, 0) is 12.5 Å². The summed E-state index contributed by atoms with van der Waals surface area (Å²) >= 11 is 0. The Kier molecular flexibility index (Phi) is 3.71. The lowest BCUT2D eigenvalue weighted by atomic mass is 9.93. The number of aliphatic hydroxyl groups is 2. The zero-order chi connectivity index (χ0) is 15.1. The van der Waals surface area contributed by atoms with Crippen molar-refractivity contribution in [2.45, 2.75) is 43.4 Å². The topological polar surface area (TPSA) is 108 Å². The standard InChI is InChI=1S/C11H17F2N3O4/c1-2-10(5-17)7(18)11(12,13)8(20-10)16-4-3-6(14)15-9(16)19/h3-4,6-8,17-18H,2,5,14H2,1H3,(H,15,19)/t6?,7-,8-,10-/m1/s1. The third kappa shape index (κ3) is 2.06. The molecule has 0 aromatic rings. The van der Waals surface area contributed by atoms with E-state index in [-0.39, 0.29) is 6.42 Å². The molecule has 2 rings (SSSR count). The summed E-state index contributed by atoms with van der Waals surface area (Å²) < 4.78 is 33.4. The monoisotopic (exact) mass is 293 g/mol. The van der Waals surface area contributed by atoms with Crippen molar-refractivity contribution in [3.8, 4) is 0 Å². The van der Waals surface area contributed by atoms with Crippen LogP contribution in [0.15, 0.2) is 12.3 Å². The van der Waals surface area contributed by atoms with Crippen LogP contribution in [0.3, 0.4) is 0 Å². The zero-order valence-corrected chi connectivity index (χ0v) is 10.8. The number of hydrogen-bond acceptors (Lipinski definition) is 5. The molecule has 0 aliphatic carbocycles. The molecule has 1 fully saturated rings. The third-order valence-corrected chi connectivity index (χ3v) is 3.64. The Morgan fingerprint density at radius 1 is 1.60 bits per heavy atom. The van der Waals surface area contributed by atoms with Crippen molar-refractivity contribution in [1.29, 1.82) is 0 Å². The van der Waals surface area contributed by atoms with E-state index in [1.54, 1.807) is 0 Å². The average Bonchev–Trinajstić information content (AvgIpc) is 2.60. The summed E-state index contributed by atoms with van der Waals surface area (Å²) in [5.41, 5.74) is 3.62. The minimum Gasteiger partial charge on any atom is -0.393 e. The summed E-state index contributed by atoms with van der Waals surface area (Å²) in [4.78, 5) is 12.3. The maximum Gasteiger partial charge on any atom is 0.325 e. The number of halogens is 2. The number of urea groups is 1. The highest BCUT2D eigenvalue weighted by atomic mass is 19.3. The summed E-state index contributed by atoms with van der Waals surface area (Å²) in [6, 6.07) is -0.860. The lowest BCUT2D eigenvalue weighted by Crippen LogP contribution is -2.57. The van der Waals surface area contributed by atoms with Crippen molar-refractivity contribution in [3.05, 3.63) is 12.3 Å². The molecule has 0 spiro atoms. The van der Waals surface area contributed by atoms with Crippen molar-refractivity contribution in [2.24, 2.45) is 5.73 Å². The van der Waals surface area contributed by atoms with Crippen molar-refractivity contribution >= 4 is 6.03 Å². The van der Waals surface area contributed by atoms with E-state index in [1.165, 1.54) is 13.0 Å². The summed E-state index contributed by atoms with van der Waals surface area (Å²) in [6.07, 6.45) is -2.64. The first-order valence-corrected chi connectivity index (χ1v) is 6.16. The van der Waals surface area contributed by atoms with Gasteiger partial charge < -0.3 is 26.0 Å². The molecular weight excluding hydrogens is 276 g/mol. The van der Waals surface area contributed by atoms with Crippen LogP contribution < -0.4 is 11.1 Å². The van der Waals surface area contributed by atoms with Gasteiger partial charge in [-0.3, -0.25) is 4.90 Å². The Morgan fingerprint density at radius 2 is 2.25 bits per heavy atom. The normalized spacial score (nSPS) is 40.0. The van der Waals surface area contributed by atoms with Crippen molar-refractivity contribution < 1.29 is 28.5 Å². The van der Waals surface area contributed by atoms with Gasteiger partial charge in [0.2, 0.25) is 6.23 Å². The second kappa shape index (κ2) is 4.92. The number of carbonyl (C=O) groups excluding carboxylic acids is 1. The highest BCUT2D eigenvalue weighted by Crippen LogP contribution is 2.45. The van der Waals surface area contributed by atoms with Gasteiger partial charge >= 0.3 is 12.0 Å². The van der Waals surface area contributed by atoms with Gasteiger partial charge in [-0.15, -0.1) is 0 Å². The van der Waals surface area contributed by atoms with Gasteiger partial charge in [-0.1, -0.05) is 6.92 Å².